The van der Waals surface area contributed by atoms with Crippen molar-refractivity contribution >= 4 is 0 Å². The van der Waals surface area contributed by atoms with Crippen LogP contribution < -0.4 is 10.1 Å². The molecule has 20 heavy (non-hydrogen) atoms. The van der Waals surface area contributed by atoms with Crippen molar-refractivity contribution < 1.29 is 9.84 Å². The molecule has 0 bridgehead atoms. The summed E-state index contributed by atoms with van der Waals surface area (Å²) in [6.07, 6.45) is 5.90. The first-order chi connectivity index (χ1) is 9.78. The van der Waals surface area contributed by atoms with Crippen molar-refractivity contribution in [2.75, 3.05) is 13.7 Å². The first-order valence-corrected chi connectivity index (χ1v) is 7.79. The van der Waals surface area contributed by atoms with Crippen molar-refractivity contribution in [3.8, 4) is 5.75 Å². The molecule has 1 fully saturated rings. The molecule has 3 heteroatoms. The van der Waals surface area contributed by atoms with Crippen LogP contribution in [0.25, 0.3) is 0 Å². The molecule has 0 radical (unpaired) electrons. The highest BCUT2D eigenvalue weighted by Crippen LogP contribution is 2.28. The number of hydrogen-bond donors (Lipinski definition) is 2. The third kappa shape index (κ3) is 3.74. The second kappa shape index (κ2) is 7.65. The van der Waals surface area contributed by atoms with Gasteiger partial charge >= 0.3 is 0 Å². The summed E-state index contributed by atoms with van der Waals surface area (Å²) in [5.41, 5.74) is 1.30. The van der Waals surface area contributed by atoms with Gasteiger partial charge in [0.25, 0.3) is 0 Å². The largest absolute Gasteiger partial charge is 0.497 e. The minimum absolute atomic E-state index is 0.302. The van der Waals surface area contributed by atoms with E-state index in [4.69, 9.17) is 4.74 Å². The zero-order valence-corrected chi connectivity index (χ0v) is 12.6. The van der Waals surface area contributed by atoms with Crippen LogP contribution >= 0.6 is 0 Å². The van der Waals surface area contributed by atoms with E-state index < -0.39 is 0 Å². The van der Waals surface area contributed by atoms with E-state index in [-0.39, 0.29) is 0 Å². The summed E-state index contributed by atoms with van der Waals surface area (Å²) in [4.78, 5) is 0. The molecule has 3 unspecified atom stereocenters. The van der Waals surface area contributed by atoms with E-state index in [1.54, 1.807) is 7.11 Å². The molecule has 2 N–H and O–H groups in total. The molecule has 112 valence electrons. The molecule has 0 spiro atoms. The van der Waals surface area contributed by atoms with Crippen molar-refractivity contribution in [3.63, 3.8) is 0 Å². The van der Waals surface area contributed by atoms with E-state index in [1.165, 1.54) is 24.8 Å². The average molecular weight is 277 g/mol. The highest BCUT2D eigenvalue weighted by molar-refractivity contribution is 5.29. The molecular weight excluding hydrogens is 250 g/mol. The summed E-state index contributed by atoms with van der Waals surface area (Å²) in [5, 5.41) is 13.3. The Labute approximate surface area is 122 Å². The summed E-state index contributed by atoms with van der Waals surface area (Å²) < 4.78 is 5.21. The number of methoxy groups -OCH3 is 1. The second-order valence-electron chi connectivity index (χ2n) is 5.73. The SMILES string of the molecule is CCC(NC1CCCCC1CO)c1ccc(OC)cc1. The quantitative estimate of drug-likeness (QED) is 0.838. The molecule has 1 aliphatic rings. The number of aliphatic hydroxyl groups is 1. The first kappa shape index (κ1) is 15.3. The van der Waals surface area contributed by atoms with E-state index in [0.717, 1.165) is 18.6 Å². The van der Waals surface area contributed by atoms with Crippen LogP contribution in [0.1, 0.15) is 50.6 Å². The molecule has 2 rings (SSSR count). The molecule has 0 heterocycles. The van der Waals surface area contributed by atoms with E-state index in [0.29, 0.717) is 24.6 Å². The van der Waals surface area contributed by atoms with Crippen LogP contribution in [-0.2, 0) is 0 Å². The van der Waals surface area contributed by atoms with Gasteiger partial charge in [-0.2, -0.15) is 0 Å². The highest BCUT2D eigenvalue weighted by atomic mass is 16.5. The van der Waals surface area contributed by atoms with Gasteiger partial charge in [-0.05, 0) is 42.9 Å². The minimum atomic E-state index is 0.302. The van der Waals surface area contributed by atoms with Crippen molar-refractivity contribution in [3.05, 3.63) is 29.8 Å². The van der Waals surface area contributed by atoms with Gasteiger partial charge in [0.1, 0.15) is 5.75 Å². The van der Waals surface area contributed by atoms with Crippen molar-refractivity contribution in [2.45, 2.75) is 51.1 Å². The Hall–Kier alpha value is -1.06. The maximum atomic E-state index is 9.53. The van der Waals surface area contributed by atoms with Crippen LogP contribution in [0.5, 0.6) is 5.75 Å². The molecule has 0 amide bonds. The summed E-state index contributed by atoms with van der Waals surface area (Å²) in [6.45, 7) is 2.51. The normalized spacial score (nSPS) is 24.4. The smallest absolute Gasteiger partial charge is 0.118 e. The Bertz CT molecular complexity index is 390. The van der Waals surface area contributed by atoms with Crippen LogP contribution in [-0.4, -0.2) is 24.9 Å². The van der Waals surface area contributed by atoms with Gasteiger partial charge in [0, 0.05) is 18.7 Å². The molecule has 0 aromatic heterocycles. The Morgan fingerprint density at radius 3 is 2.55 bits per heavy atom. The number of ether oxygens (including phenoxy) is 1. The monoisotopic (exact) mass is 277 g/mol. The molecule has 1 saturated carbocycles. The fourth-order valence-electron chi connectivity index (χ4n) is 3.19. The molecule has 1 aromatic carbocycles. The fourth-order valence-corrected chi connectivity index (χ4v) is 3.19. The van der Waals surface area contributed by atoms with Gasteiger partial charge in [-0.25, -0.2) is 0 Å². The lowest BCUT2D eigenvalue weighted by atomic mass is 9.84. The molecule has 3 atom stereocenters. The molecule has 3 nitrogen and oxygen atoms in total. The predicted molar refractivity (Wildman–Crippen MR) is 82.0 cm³/mol. The zero-order chi connectivity index (χ0) is 14.4. The summed E-state index contributed by atoms with van der Waals surface area (Å²) in [5.74, 6) is 1.31. The molecule has 0 aliphatic heterocycles. The summed E-state index contributed by atoms with van der Waals surface area (Å²) >= 11 is 0. The summed E-state index contributed by atoms with van der Waals surface area (Å²) in [7, 11) is 1.69. The Morgan fingerprint density at radius 2 is 1.95 bits per heavy atom. The third-order valence-corrected chi connectivity index (χ3v) is 4.49. The Kier molecular flexibility index (Phi) is 5.86. The van der Waals surface area contributed by atoms with Gasteiger partial charge < -0.3 is 15.2 Å². The van der Waals surface area contributed by atoms with E-state index in [2.05, 4.69) is 24.4 Å². The van der Waals surface area contributed by atoms with Crippen molar-refractivity contribution in [1.82, 2.24) is 5.32 Å². The molecular formula is C17H27NO2. The molecule has 1 aliphatic carbocycles. The van der Waals surface area contributed by atoms with Crippen LogP contribution in [0, 0.1) is 5.92 Å². The van der Waals surface area contributed by atoms with Crippen LogP contribution in [0.3, 0.4) is 0 Å². The highest BCUT2D eigenvalue weighted by Gasteiger charge is 2.26. The van der Waals surface area contributed by atoms with E-state index in [1.807, 2.05) is 12.1 Å². The number of benzene rings is 1. The van der Waals surface area contributed by atoms with Gasteiger partial charge in [-0.3, -0.25) is 0 Å². The standard InChI is InChI=1S/C17H27NO2/c1-3-16(13-8-10-15(20-2)11-9-13)18-17-7-5-4-6-14(17)12-19/h8-11,14,16-19H,3-7,12H2,1-2H3. The van der Waals surface area contributed by atoms with Gasteiger partial charge in [0.2, 0.25) is 0 Å². The first-order valence-electron chi connectivity index (χ1n) is 7.79. The Morgan fingerprint density at radius 1 is 1.25 bits per heavy atom. The van der Waals surface area contributed by atoms with Gasteiger partial charge in [-0.15, -0.1) is 0 Å². The van der Waals surface area contributed by atoms with E-state index in [9.17, 15) is 5.11 Å². The second-order valence-corrected chi connectivity index (χ2v) is 5.73. The van der Waals surface area contributed by atoms with Gasteiger partial charge in [0.15, 0.2) is 0 Å². The van der Waals surface area contributed by atoms with Gasteiger partial charge in [0.05, 0.1) is 7.11 Å². The lowest BCUT2D eigenvalue weighted by Crippen LogP contribution is -2.42. The lowest BCUT2D eigenvalue weighted by Gasteiger charge is -2.34. The van der Waals surface area contributed by atoms with Gasteiger partial charge in [-0.1, -0.05) is 31.9 Å². The fraction of sp³-hybridized carbons (Fsp3) is 0.647. The maximum Gasteiger partial charge on any atom is 0.118 e. The zero-order valence-electron chi connectivity index (χ0n) is 12.6. The third-order valence-electron chi connectivity index (χ3n) is 4.49. The summed E-state index contributed by atoms with van der Waals surface area (Å²) in [6, 6.07) is 9.11. The van der Waals surface area contributed by atoms with Crippen LogP contribution in [0.2, 0.25) is 0 Å². The molecule has 1 aromatic rings. The number of aliphatic hydroxyl groups excluding tert-OH is 1. The number of nitrogens with one attached hydrogen (secondary N) is 1. The number of rotatable bonds is 6. The van der Waals surface area contributed by atoms with Crippen LogP contribution in [0.15, 0.2) is 24.3 Å². The molecule has 0 saturated heterocycles. The average Bonchev–Trinajstić information content (AvgIpc) is 2.53. The van der Waals surface area contributed by atoms with E-state index >= 15 is 0 Å². The van der Waals surface area contributed by atoms with Crippen molar-refractivity contribution in [1.29, 1.82) is 0 Å². The Balaban J connectivity index is 2.03. The predicted octanol–water partition coefficient (Wildman–Crippen LogP) is 3.29. The van der Waals surface area contributed by atoms with Crippen LogP contribution in [0.4, 0.5) is 0 Å². The minimum Gasteiger partial charge on any atom is -0.497 e. The topological polar surface area (TPSA) is 41.5 Å². The van der Waals surface area contributed by atoms with Crippen molar-refractivity contribution in [2.24, 2.45) is 5.92 Å². The number of hydrogen-bond acceptors (Lipinski definition) is 3. The maximum absolute atomic E-state index is 9.53. The lowest BCUT2D eigenvalue weighted by molar-refractivity contribution is 0.145.